The maximum atomic E-state index is 8.36. The number of fused-ring (bicyclic) bond motifs is 5. The van der Waals surface area contributed by atoms with E-state index in [4.69, 9.17) is 13.8 Å². The summed E-state index contributed by atoms with van der Waals surface area (Å²) in [6.07, 6.45) is 3.81. The molecule has 1 aliphatic rings. The van der Waals surface area contributed by atoms with Crippen LogP contribution in [-0.4, -0.2) is 18.7 Å². The third-order valence-corrected chi connectivity index (χ3v) is 11.8. The molecule has 262 valence electrons. The van der Waals surface area contributed by atoms with E-state index in [1.54, 1.807) is 0 Å². The molecule has 3 heterocycles. The third kappa shape index (κ3) is 5.49. The third-order valence-electron chi connectivity index (χ3n) is 10.8. The molecular formula is C46H42N4OPt. The van der Waals surface area contributed by atoms with Crippen molar-refractivity contribution in [3.63, 3.8) is 0 Å². The van der Waals surface area contributed by atoms with Crippen LogP contribution in [0.25, 0.3) is 49.8 Å². The van der Waals surface area contributed by atoms with Crippen molar-refractivity contribution in [3.8, 4) is 28.4 Å². The van der Waals surface area contributed by atoms with Crippen LogP contribution in [0, 0.1) is 3.80 Å². The van der Waals surface area contributed by atoms with Crippen molar-refractivity contribution in [1.82, 2.24) is 18.7 Å². The van der Waals surface area contributed by atoms with Crippen molar-refractivity contribution in [3.05, 3.63) is 148 Å². The van der Waals surface area contributed by atoms with Crippen LogP contribution < -0.4 is 4.74 Å². The number of rotatable bonds is 5. The van der Waals surface area contributed by atoms with Crippen LogP contribution >= 0.6 is 0 Å². The Labute approximate surface area is 319 Å². The summed E-state index contributed by atoms with van der Waals surface area (Å²) in [5.41, 5.74) is 9.68. The summed E-state index contributed by atoms with van der Waals surface area (Å²) in [6.45, 7) is 6.65. The number of ether oxygens (including phenoxy) is 1. The van der Waals surface area contributed by atoms with E-state index in [1.165, 1.54) is 26.8 Å². The molecule has 0 spiro atoms. The zero-order valence-electron chi connectivity index (χ0n) is 32.7. The Hall–Kier alpha value is -4.99. The van der Waals surface area contributed by atoms with Gasteiger partial charge in [0.2, 0.25) is 0 Å². The summed E-state index contributed by atoms with van der Waals surface area (Å²) in [5.74, 6) is 2.72. The normalized spacial score (nSPS) is 17.2. The molecule has 5 aromatic carbocycles. The van der Waals surface area contributed by atoms with Crippen LogP contribution in [-0.2, 0) is 31.7 Å². The molecule has 0 aliphatic heterocycles. The number of hydrogen-bond acceptors (Lipinski definition) is 2. The molecule has 0 amide bonds. The Bertz CT molecular complexity index is 2830. The van der Waals surface area contributed by atoms with Gasteiger partial charge in [0.15, 0.2) is 0 Å². The van der Waals surface area contributed by atoms with Crippen LogP contribution in [0.5, 0.6) is 11.5 Å². The van der Waals surface area contributed by atoms with Crippen molar-refractivity contribution >= 4 is 32.8 Å². The van der Waals surface area contributed by atoms with Crippen LogP contribution in [0.15, 0.2) is 128 Å². The molecule has 0 saturated carbocycles. The number of benzene rings is 5. The van der Waals surface area contributed by atoms with E-state index >= 15 is 0 Å². The zero-order valence-corrected chi connectivity index (χ0v) is 32.0. The van der Waals surface area contributed by atoms with Crippen LogP contribution in [0.4, 0.5) is 0 Å². The Balaban J connectivity index is 1.17. The predicted octanol–water partition coefficient (Wildman–Crippen LogP) is 11.8. The fourth-order valence-corrected chi connectivity index (χ4v) is 8.94. The van der Waals surface area contributed by atoms with E-state index in [-0.39, 0.29) is 11.5 Å². The predicted molar refractivity (Wildman–Crippen MR) is 209 cm³/mol. The molecule has 52 heavy (non-hydrogen) atoms. The average Bonchev–Trinajstić information content (AvgIpc) is 3.65. The van der Waals surface area contributed by atoms with E-state index in [9.17, 15) is 0 Å². The monoisotopic (exact) mass is 864 g/mol. The van der Waals surface area contributed by atoms with Crippen molar-refractivity contribution in [2.75, 3.05) is 0 Å². The van der Waals surface area contributed by atoms with Gasteiger partial charge in [-0.05, 0) is 46.4 Å². The Morgan fingerprint density at radius 1 is 0.712 bits per heavy atom. The summed E-state index contributed by atoms with van der Waals surface area (Å²) in [5, 5.41) is 2.28. The van der Waals surface area contributed by atoms with Crippen LogP contribution in [0.3, 0.4) is 0 Å². The number of imidazole rings is 1. The van der Waals surface area contributed by atoms with E-state index in [2.05, 4.69) is 147 Å². The van der Waals surface area contributed by atoms with Crippen molar-refractivity contribution in [2.45, 2.75) is 57.9 Å². The van der Waals surface area contributed by atoms with Gasteiger partial charge in [-0.3, -0.25) is 0 Å². The van der Waals surface area contributed by atoms with Crippen molar-refractivity contribution < 1.29 is 28.2 Å². The number of aromatic nitrogens is 4. The first-order valence-electron chi connectivity index (χ1n) is 19.5. The number of hydrogen-bond donors (Lipinski definition) is 0. The molecule has 2 atom stereocenters. The second-order valence-electron chi connectivity index (χ2n) is 15.1. The van der Waals surface area contributed by atoms with Crippen LogP contribution in [0.1, 0.15) is 73.3 Å². The minimum atomic E-state index is -2.30. The molecule has 0 N–H and O–H groups in total. The van der Waals surface area contributed by atoms with Gasteiger partial charge in [-0.2, -0.15) is 0 Å². The first-order valence-corrected chi connectivity index (χ1v) is 19.1. The molecule has 1 aliphatic carbocycles. The molecule has 0 radical (unpaired) electrons. The minimum absolute atomic E-state index is 0.0367. The number of pyridine rings is 1. The summed E-state index contributed by atoms with van der Waals surface area (Å²) in [6, 6.07) is 42.0. The van der Waals surface area contributed by atoms with Gasteiger partial charge in [-0.25, -0.2) is 4.98 Å². The fraction of sp³-hybridized carbons (Fsp3) is 0.217. The topological polar surface area (TPSA) is 36.9 Å². The van der Waals surface area contributed by atoms with Crippen molar-refractivity contribution in [2.24, 2.45) is 6.98 Å². The van der Waals surface area contributed by atoms with Gasteiger partial charge >= 0.3 is 206 Å². The van der Waals surface area contributed by atoms with Gasteiger partial charge in [0.1, 0.15) is 0 Å². The van der Waals surface area contributed by atoms with E-state index in [0.717, 1.165) is 63.0 Å². The standard InChI is InChI=1S/C46H42N4O.Pt/c1-30-15-21-40(49-29-48(5)42-13-9-10-14-43(42)49)39-27-34(17-19-36(30)39)51-35-18-20-37-38-25-32(31-11-7-6-8-12-31)16-22-41(38)50(44(37)28-35)45-26-33(23-24-47-45)46(2,3)4;/h6-14,16-20,22-28,30,40H,15,21H2,1-5H3;/i5D3;. The quantitative estimate of drug-likeness (QED) is 0.173. The Morgan fingerprint density at radius 2 is 1.48 bits per heavy atom. The van der Waals surface area contributed by atoms with Gasteiger partial charge in [-0.1, -0.05) is 57.2 Å². The molecule has 3 aromatic heterocycles. The van der Waals surface area contributed by atoms with Gasteiger partial charge in [0.05, 0.1) is 0 Å². The average molecular weight is 865 g/mol. The number of aryl methyl sites for hydroxylation is 1. The number of para-hydroxylation sites is 2. The molecule has 5 nitrogen and oxygen atoms in total. The van der Waals surface area contributed by atoms with Crippen molar-refractivity contribution in [1.29, 1.82) is 0 Å². The summed E-state index contributed by atoms with van der Waals surface area (Å²) in [7, 11) is 0. The molecule has 0 bridgehead atoms. The molecule has 6 heteroatoms. The second kappa shape index (κ2) is 12.6. The van der Waals surface area contributed by atoms with Crippen LogP contribution in [0.2, 0.25) is 0 Å². The summed E-state index contributed by atoms with van der Waals surface area (Å²) in [4.78, 5) is 4.91. The van der Waals surface area contributed by atoms with Gasteiger partial charge in [0, 0.05) is 6.20 Å². The van der Waals surface area contributed by atoms with E-state index < -0.39 is 6.98 Å². The van der Waals surface area contributed by atoms with Gasteiger partial charge < -0.3 is 0 Å². The molecule has 9 rings (SSSR count). The first kappa shape index (κ1) is 29.6. The van der Waals surface area contributed by atoms with E-state index in [0.29, 0.717) is 15.2 Å². The molecule has 8 aromatic rings. The summed E-state index contributed by atoms with van der Waals surface area (Å²) < 4.78 is 38.5. The Kier molecular flexibility index (Phi) is 7.16. The summed E-state index contributed by atoms with van der Waals surface area (Å²) >= 11 is 2.19. The molecule has 2 unspecified atom stereocenters. The zero-order chi connectivity index (χ0) is 38.2. The molecule has 0 saturated heterocycles. The SMILES string of the molecule is [2H]C([2H])([2H])n1[c](=[Pt])n(C2CCC(C)c3ccc(Oc4ccc5c6cc(-c7ccccc7)ccc6n(-c6cc(C(C)(C)C)ccn6)c5c4)cc32)c2ccccc21. The fourth-order valence-electron chi connectivity index (χ4n) is 8.04. The molecular weight excluding hydrogens is 820 g/mol. The van der Waals surface area contributed by atoms with Gasteiger partial charge in [-0.15, -0.1) is 0 Å². The van der Waals surface area contributed by atoms with Gasteiger partial charge in [0.25, 0.3) is 0 Å². The molecule has 0 fully saturated rings. The van der Waals surface area contributed by atoms with E-state index in [1.807, 2.05) is 36.5 Å². The number of nitrogens with zero attached hydrogens (tertiary/aromatic N) is 4. The first-order chi connectivity index (χ1) is 26.4. The second-order valence-corrected chi connectivity index (χ2v) is 16.1. The maximum absolute atomic E-state index is 8.36. The Morgan fingerprint density at radius 3 is 2.29 bits per heavy atom.